The summed E-state index contributed by atoms with van der Waals surface area (Å²) in [6, 6.07) is 23.8. The summed E-state index contributed by atoms with van der Waals surface area (Å²) in [7, 11) is 0. The van der Waals surface area contributed by atoms with Crippen LogP contribution in [0, 0.1) is 13.8 Å². The van der Waals surface area contributed by atoms with Gasteiger partial charge in [0.25, 0.3) is 0 Å². The number of hydrogen-bond donors (Lipinski definition) is 3. The number of pyridine rings is 1. The van der Waals surface area contributed by atoms with Gasteiger partial charge in [0.15, 0.2) is 5.11 Å². The van der Waals surface area contributed by atoms with Gasteiger partial charge in [0.05, 0.1) is 23.3 Å². The Morgan fingerprint density at radius 2 is 1.74 bits per heavy atom. The van der Waals surface area contributed by atoms with E-state index in [1.54, 1.807) is 18.3 Å². The maximum absolute atomic E-state index is 12.8. The largest absolute Gasteiger partial charge is 0.478 e. The molecule has 8 nitrogen and oxygen atoms in total. The van der Waals surface area contributed by atoms with Gasteiger partial charge in [0.1, 0.15) is 0 Å². The first-order chi connectivity index (χ1) is 18.8. The molecule has 39 heavy (non-hydrogen) atoms. The molecule has 1 aliphatic rings. The SMILES string of the molecule is Cc1cc(C2C(c3ccccn3)NC(=S)N2CCC(=O)Nc2ccccc2)c(C)n1-c1ccc(C(=O)O)cc1. The van der Waals surface area contributed by atoms with Gasteiger partial charge >= 0.3 is 5.97 Å². The molecule has 2 unspecified atom stereocenters. The number of nitrogens with zero attached hydrogens (tertiary/aromatic N) is 3. The number of carbonyl (C=O) groups is 2. The van der Waals surface area contributed by atoms with Crippen molar-refractivity contribution in [1.29, 1.82) is 0 Å². The maximum Gasteiger partial charge on any atom is 0.335 e. The number of para-hydroxylation sites is 1. The Morgan fingerprint density at radius 1 is 1.03 bits per heavy atom. The molecule has 9 heteroatoms. The van der Waals surface area contributed by atoms with Gasteiger partial charge in [0, 0.05) is 41.9 Å². The standard InChI is InChI=1S/C30H29N5O3S/c1-19-18-24(20(2)35(19)23-13-11-21(12-14-23)29(37)38)28-27(25-10-6-7-16-31-25)33-30(39)34(28)17-15-26(36)32-22-8-4-3-5-9-22/h3-14,16,18,27-28H,15,17H2,1-2H3,(H,32,36)(H,33,39)(H,37,38). The highest BCUT2D eigenvalue weighted by atomic mass is 32.1. The molecule has 0 saturated carbocycles. The highest BCUT2D eigenvalue weighted by molar-refractivity contribution is 7.80. The van der Waals surface area contributed by atoms with Crippen molar-refractivity contribution in [3.05, 3.63) is 113 Å². The van der Waals surface area contributed by atoms with Crippen LogP contribution in [0.3, 0.4) is 0 Å². The predicted octanol–water partition coefficient (Wildman–Crippen LogP) is 5.19. The summed E-state index contributed by atoms with van der Waals surface area (Å²) in [4.78, 5) is 30.8. The highest BCUT2D eigenvalue weighted by Gasteiger charge is 2.41. The number of aryl methyl sites for hydroxylation is 1. The molecule has 0 aliphatic carbocycles. The minimum atomic E-state index is -0.959. The molecule has 1 saturated heterocycles. The Bertz CT molecular complexity index is 1500. The van der Waals surface area contributed by atoms with Gasteiger partial charge in [0.2, 0.25) is 5.91 Å². The smallest absolute Gasteiger partial charge is 0.335 e. The molecule has 3 N–H and O–H groups in total. The summed E-state index contributed by atoms with van der Waals surface area (Å²) in [6.45, 7) is 4.50. The first kappa shape index (κ1) is 26.1. The van der Waals surface area contributed by atoms with Crippen molar-refractivity contribution in [1.82, 2.24) is 19.8 Å². The topological polar surface area (TPSA) is 99.5 Å². The van der Waals surface area contributed by atoms with Crippen molar-refractivity contribution < 1.29 is 14.7 Å². The fraction of sp³-hybridized carbons (Fsp3) is 0.200. The average molecular weight is 540 g/mol. The van der Waals surface area contributed by atoms with Gasteiger partial charge in [-0.05, 0) is 86.2 Å². The zero-order valence-corrected chi connectivity index (χ0v) is 22.5. The lowest BCUT2D eigenvalue weighted by Gasteiger charge is -2.28. The van der Waals surface area contributed by atoms with Crippen LogP contribution in [-0.4, -0.2) is 43.1 Å². The third kappa shape index (κ3) is 5.39. The molecule has 2 atom stereocenters. The number of amides is 1. The molecule has 0 spiro atoms. The van der Waals surface area contributed by atoms with E-state index in [1.165, 1.54) is 0 Å². The van der Waals surface area contributed by atoms with Crippen molar-refractivity contribution >= 4 is 34.9 Å². The van der Waals surface area contributed by atoms with E-state index in [4.69, 9.17) is 12.2 Å². The summed E-state index contributed by atoms with van der Waals surface area (Å²) in [5, 5.41) is 16.3. The number of carboxylic acids is 1. The maximum atomic E-state index is 12.8. The molecule has 5 rings (SSSR count). The van der Waals surface area contributed by atoms with Crippen molar-refractivity contribution in [2.24, 2.45) is 0 Å². The second-order valence-electron chi connectivity index (χ2n) is 9.50. The van der Waals surface area contributed by atoms with Crippen LogP contribution in [0.1, 0.15) is 51.5 Å². The first-order valence-corrected chi connectivity index (χ1v) is 13.1. The van der Waals surface area contributed by atoms with Crippen molar-refractivity contribution in [3.8, 4) is 5.69 Å². The van der Waals surface area contributed by atoms with E-state index >= 15 is 0 Å². The van der Waals surface area contributed by atoms with Crippen LogP contribution in [0.5, 0.6) is 0 Å². The van der Waals surface area contributed by atoms with Gasteiger partial charge in [-0.1, -0.05) is 24.3 Å². The summed E-state index contributed by atoms with van der Waals surface area (Å²) in [5.41, 5.74) is 5.79. The van der Waals surface area contributed by atoms with Crippen molar-refractivity contribution in [2.75, 3.05) is 11.9 Å². The Kier molecular flexibility index (Phi) is 7.42. The molecule has 1 fully saturated rings. The second kappa shape index (κ2) is 11.1. The summed E-state index contributed by atoms with van der Waals surface area (Å²) in [5.74, 6) is -1.05. The van der Waals surface area contributed by atoms with Crippen molar-refractivity contribution in [2.45, 2.75) is 32.4 Å². The van der Waals surface area contributed by atoms with Gasteiger partial charge in [-0.3, -0.25) is 9.78 Å². The number of benzene rings is 2. The summed E-state index contributed by atoms with van der Waals surface area (Å²) >= 11 is 5.78. The Morgan fingerprint density at radius 3 is 2.41 bits per heavy atom. The fourth-order valence-electron chi connectivity index (χ4n) is 5.19. The van der Waals surface area contributed by atoms with E-state index in [0.29, 0.717) is 11.7 Å². The lowest BCUT2D eigenvalue weighted by molar-refractivity contribution is -0.116. The normalized spacial score (nSPS) is 16.7. The monoisotopic (exact) mass is 539 g/mol. The average Bonchev–Trinajstić information content (AvgIpc) is 3.42. The van der Waals surface area contributed by atoms with Gasteiger partial charge in [-0.2, -0.15) is 0 Å². The van der Waals surface area contributed by atoms with Crippen LogP contribution in [0.4, 0.5) is 5.69 Å². The summed E-state index contributed by atoms with van der Waals surface area (Å²) < 4.78 is 2.11. The van der Waals surface area contributed by atoms with E-state index in [2.05, 4.69) is 31.2 Å². The minimum Gasteiger partial charge on any atom is -0.478 e. The molecule has 2 aromatic carbocycles. The summed E-state index contributed by atoms with van der Waals surface area (Å²) in [6.07, 6.45) is 2.03. The Hall–Kier alpha value is -4.50. The van der Waals surface area contributed by atoms with Crippen LogP contribution < -0.4 is 10.6 Å². The van der Waals surface area contributed by atoms with Crippen LogP contribution in [0.2, 0.25) is 0 Å². The lowest BCUT2D eigenvalue weighted by atomic mass is 9.96. The molecule has 1 amide bonds. The second-order valence-corrected chi connectivity index (χ2v) is 9.88. The molecule has 4 aromatic rings. The van der Waals surface area contributed by atoms with Crippen LogP contribution in [0.25, 0.3) is 5.69 Å². The molecule has 0 radical (unpaired) electrons. The molecule has 3 heterocycles. The zero-order chi connectivity index (χ0) is 27.5. The molecule has 198 valence electrons. The molecule has 2 aromatic heterocycles. The fourth-order valence-corrected chi connectivity index (χ4v) is 5.52. The van der Waals surface area contributed by atoms with Gasteiger partial charge in [-0.15, -0.1) is 0 Å². The molecular weight excluding hydrogens is 510 g/mol. The first-order valence-electron chi connectivity index (χ1n) is 12.7. The molecule has 1 aliphatic heterocycles. The Balaban J connectivity index is 1.47. The quantitative estimate of drug-likeness (QED) is 0.265. The van der Waals surface area contributed by atoms with Crippen LogP contribution in [-0.2, 0) is 4.79 Å². The van der Waals surface area contributed by atoms with E-state index in [9.17, 15) is 14.7 Å². The van der Waals surface area contributed by atoms with E-state index in [-0.39, 0.29) is 30.0 Å². The third-order valence-electron chi connectivity index (χ3n) is 7.00. The number of thiocarbonyl (C=S) groups is 1. The lowest BCUT2D eigenvalue weighted by Crippen LogP contribution is -2.32. The zero-order valence-electron chi connectivity index (χ0n) is 21.7. The van der Waals surface area contributed by atoms with Gasteiger partial charge < -0.3 is 25.2 Å². The highest BCUT2D eigenvalue weighted by Crippen LogP contribution is 2.41. The van der Waals surface area contributed by atoms with Crippen LogP contribution in [0.15, 0.2) is 85.1 Å². The van der Waals surface area contributed by atoms with Gasteiger partial charge in [-0.25, -0.2) is 4.79 Å². The van der Waals surface area contributed by atoms with Crippen LogP contribution >= 0.6 is 12.2 Å². The van der Waals surface area contributed by atoms with E-state index in [0.717, 1.165) is 34.0 Å². The number of anilines is 1. The molecule has 0 bridgehead atoms. The number of rotatable bonds is 8. The number of hydrogen-bond acceptors (Lipinski definition) is 4. The Labute approximate surface area is 232 Å². The number of carboxylic acid groups (broad SMARTS) is 1. The molecular formula is C30H29N5O3S. The minimum absolute atomic E-state index is 0.0898. The number of aromatic nitrogens is 2. The number of nitrogens with one attached hydrogen (secondary N) is 2. The van der Waals surface area contributed by atoms with E-state index < -0.39 is 5.97 Å². The number of carbonyl (C=O) groups excluding carboxylic acids is 1. The van der Waals surface area contributed by atoms with E-state index in [1.807, 2.05) is 74.5 Å². The van der Waals surface area contributed by atoms with Crippen molar-refractivity contribution in [3.63, 3.8) is 0 Å². The number of aromatic carboxylic acids is 1. The third-order valence-corrected chi connectivity index (χ3v) is 7.35. The predicted molar refractivity (Wildman–Crippen MR) is 154 cm³/mol.